The van der Waals surface area contributed by atoms with Crippen LogP contribution >= 0.6 is 0 Å². The Morgan fingerprint density at radius 3 is 2.31 bits per heavy atom. The first-order chi connectivity index (χ1) is 16.8. The fraction of sp³-hybridized carbons (Fsp3) is 0.407. The van der Waals surface area contributed by atoms with Crippen molar-refractivity contribution in [1.82, 2.24) is 9.80 Å². The van der Waals surface area contributed by atoms with Gasteiger partial charge in [-0.3, -0.25) is 14.5 Å². The molecule has 186 valence electrons. The van der Waals surface area contributed by atoms with E-state index in [1.165, 1.54) is 17.0 Å². The lowest BCUT2D eigenvalue weighted by molar-refractivity contribution is -0.140. The summed E-state index contributed by atoms with van der Waals surface area (Å²) in [6.45, 7) is 8.40. The second kappa shape index (κ2) is 10.9. The highest BCUT2D eigenvalue weighted by Crippen LogP contribution is 2.39. The van der Waals surface area contributed by atoms with E-state index in [0.29, 0.717) is 55.7 Å². The minimum absolute atomic E-state index is 0.0403. The predicted molar refractivity (Wildman–Crippen MR) is 131 cm³/mol. The zero-order valence-corrected chi connectivity index (χ0v) is 20.1. The van der Waals surface area contributed by atoms with E-state index in [1.54, 1.807) is 36.4 Å². The van der Waals surface area contributed by atoms with Crippen molar-refractivity contribution in [2.45, 2.75) is 19.9 Å². The average molecular weight is 481 g/mol. The van der Waals surface area contributed by atoms with E-state index in [4.69, 9.17) is 9.47 Å². The molecule has 4 rings (SSSR count). The quantitative estimate of drug-likeness (QED) is 0.340. The van der Waals surface area contributed by atoms with Gasteiger partial charge in [0.2, 0.25) is 0 Å². The molecule has 2 saturated heterocycles. The Bertz CT molecular complexity index is 1070. The molecule has 2 fully saturated rings. The number of Topliss-reactive ketones (excluding diaryl/α,β-unsaturated/α-hetero) is 1. The highest BCUT2D eigenvalue weighted by Gasteiger charge is 2.46. The number of ketones is 1. The number of hydrogen-bond donors (Lipinski definition) is 2. The van der Waals surface area contributed by atoms with Crippen molar-refractivity contribution in [3.05, 3.63) is 65.2 Å². The molecular formula is C27H32N2O6. The van der Waals surface area contributed by atoms with Gasteiger partial charge in [0.25, 0.3) is 11.7 Å². The van der Waals surface area contributed by atoms with Crippen molar-refractivity contribution < 1.29 is 29.3 Å². The second-order valence-electron chi connectivity index (χ2n) is 9.27. The summed E-state index contributed by atoms with van der Waals surface area (Å²) in [5.74, 6) is -0.475. The molecule has 0 spiro atoms. The largest absolute Gasteiger partial charge is 0.508 e. The Morgan fingerprint density at radius 1 is 1.03 bits per heavy atom. The van der Waals surface area contributed by atoms with Gasteiger partial charge in [-0.05, 0) is 47.9 Å². The molecule has 0 aliphatic carbocycles. The van der Waals surface area contributed by atoms with Crippen molar-refractivity contribution in [1.29, 1.82) is 0 Å². The fourth-order valence-corrected chi connectivity index (χ4v) is 4.32. The molecule has 2 aliphatic rings. The SMILES string of the molecule is CC(C)COc1ccc(/C(O)=C2\C(=O)C(=O)N(CCN3CCOCC3)[C@@H]2c2ccc(O)cc2)cc1. The number of morpholine rings is 1. The van der Waals surface area contributed by atoms with Gasteiger partial charge in [0.15, 0.2) is 0 Å². The standard InChI is InChI=1S/C27H32N2O6/c1-18(2)17-35-22-9-5-20(6-10-22)25(31)23-24(19-3-7-21(30)8-4-19)29(27(33)26(23)32)12-11-28-13-15-34-16-14-28/h3-10,18,24,30-31H,11-17H2,1-2H3/b25-23+/t24-/m1/s1. The van der Waals surface area contributed by atoms with Gasteiger partial charge in [0.1, 0.15) is 17.3 Å². The smallest absolute Gasteiger partial charge is 0.295 e. The maximum Gasteiger partial charge on any atom is 0.295 e. The van der Waals surface area contributed by atoms with Gasteiger partial charge in [-0.15, -0.1) is 0 Å². The lowest BCUT2D eigenvalue weighted by Crippen LogP contribution is -2.42. The lowest BCUT2D eigenvalue weighted by Gasteiger charge is -2.31. The number of rotatable bonds is 8. The van der Waals surface area contributed by atoms with Crippen LogP contribution < -0.4 is 4.74 Å². The molecule has 8 nitrogen and oxygen atoms in total. The first kappa shape index (κ1) is 24.8. The van der Waals surface area contributed by atoms with Crippen molar-refractivity contribution in [3.63, 3.8) is 0 Å². The van der Waals surface area contributed by atoms with Crippen LogP contribution in [0.4, 0.5) is 0 Å². The minimum atomic E-state index is -0.756. The number of aromatic hydroxyl groups is 1. The molecule has 8 heteroatoms. The molecule has 0 bridgehead atoms. The number of aliphatic hydroxyl groups is 1. The van der Waals surface area contributed by atoms with E-state index in [2.05, 4.69) is 18.7 Å². The van der Waals surface area contributed by atoms with Crippen molar-refractivity contribution in [3.8, 4) is 11.5 Å². The summed E-state index contributed by atoms with van der Waals surface area (Å²) in [5.41, 5.74) is 1.11. The number of ether oxygens (including phenoxy) is 2. The number of phenolic OH excluding ortho intramolecular Hbond substituents is 1. The Labute approximate surface area is 205 Å². The molecule has 1 amide bonds. The van der Waals surface area contributed by atoms with Gasteiger partial charge in [-0.2, -0.15) is 0 Å². The summed E-state index contributed by atoms with van der Waals surface area (Å²) in [5, 5.41) is 21.0. The van der Waals surface area contributed by atoms with Crippen LogP contribution in [-0.4, -0.2) is 77.7 Å². The van der Waals surface area contributed by atoms with E-state index in [1.807, 2.05) is 0 Å². The van der Waals surface area contributed by atoms with Gasteiger partial charge < -0.3 is 24.6 Å². The number of carbonyl (C=O) groups is 2. The zero-order valence-electron chi connectivity index (χ0n) is 20.1. The average Bonchev–Trinajstić information content (AvgIpc) is 3.12. The van der Waals surface area contributed by atoms with E-state index < -0.39 is 17.7 Å². The van der Waals surface area contributed by atoms with Crippen molar-refractivity contribution >= 4 is 17.4 Å². The molecule has 2 N–H and O–H groups in total. The minimum Gasteiger partial charge on any atom is -0.508 e. The monoisotopic (exact) mass is 480 g/mol. The van der Waals surface area contributed by atoms with Crippen LogP contribution in [0.25, 0.3) is 5.76 Å². The molecule has 0 unspecified atom stereocenters. The number of aliphatic hydroxyl groups excluding tert-OH is 1. The Hall–Kier alpha value is -3.36. The highest BCUT2D eigenvalue weighted by atomic mass is 16.5. The van der Waals surface area contributed by atoms with Gasteiger partial charge >= 0.3 is 0 Å². The molecule has 1 atom stereocenters. The third-order valence-corrected chi connectivity index (χ3v) is 6.22. The fourth-order valence-electron chi connectivity index (χ4n) is 4.32. The van der Waals surface area contributed by atoms with Crippen molar-refractivity contribution in [2.75, 3.05) is 46.0 Å². The maximum atomic E-state index is 13.2. The molecular weight excluding hydrogens is 448 g/mol. The third kappa shape index (κ3) is 5.66. The van der Waals surface area contributed by atoms with Gasteiger partial charge in [-0.25, -0.2) is 0 Å². The summed E-state index contributed by atoms with van der Waals surface area (Å²) in [4.78, 5) is 30.0. The summed E-state index contributed by atoms with van der Waals surface area (Å²) in [6.07, 6.45) is 0. The van der Waals surface area contributed by atoms with Crippen LogP contribution in [0.15, 0.2) is 54.1 Å². The number of amides is 1. The predicted octanol–water partition coefficient (Wildman–Crippen LogP) is 3.18. The highest BCUT2D eigenvalue weighted by molar-refractivity contribution is 6.46. The van der Waals surface area contributed by atoms with E-state index in [0.717, 1.165) is 13.1 Å². The third-order valence-electron chi connectivity index (χ3n) is 6.22. The van der Waals surface area contributed by atoms with E-state index in [-0.39, 0.29) is 17.1 Å². The molecule has 35 heavy (non-hydrogen) atoms. The van der Waals surface area contributed by atoms with Crippen LogP contribution in [-0.2, 0) is 14.3 Å². The van der Waals surface area contributed by atoms with E-state index >= 15 is 0 Å². The zero-order chi connectivity index (χ0) is 24.9. The molecule has 2 aromatic rings. The maximum absolute atomic E-state index is 13.2. The van der Waals surface area contributed by atoms with Crippen LogP contribution in [0.2, 0.25) is 0 Å². The summed E-state index contributed by atoms with van der Waals surface area (Å²) < 4.78 is 11.1. The molecule has 2 heterocycles. The van der Waals surface area contributed by atoms with Gasteiger partial charge in [0, 0.05) is 31.7 Å². The number of phenols is 1. The van der Waals surface area contributed by atoms with Gasteiger partial charge in [0.05, 0.1) is 31.4 Å². The Balaban J connectivity index is 1.66. The topological polar surface area (TPSA) is 99.5 Å². The molecule has 2 aromatic carbocycles. The number of nitrogens with zero attached hydrogens (tertiary/aromatic N) is 2. The van der Waals surface area contributed by atoms with Crippen LogP contribution in [0, 0.1) is 5.92 Å². The summed E-state index contributed by atoms with van der Waals surface area (Å²) in [7, 11) is 0. The second-order valence-corrected chi connectivity index (χ2v) is 9.27. The summed E-state index contributed by atoms with van der Waals surface area (Å²) in [6, 6.07) is 12.4. The first-order valence-electron chi connectivity index (χ1n) is 12.0. The van der Waals surface area contributed by atoms with E-state index in [9.17, 15) is 19.8 Å². The molecule has 0 radical (unpaired) electrons. The van der Waals surface area contributed by atoms with Gasteiger partial charge in [-0.1, -0.05) is 26.0 Å². The number of carbonyl (C=O) groups excluding carboxylic acids is 2. The molecule has 2 aliphatic heterocycles. The van der Waals surface area contributed by atoms with Crippen LogP contribution in [0.3, 0.4) is 0 Å². The van der Waals surface area contributed by atoms with Crippen LogP contribution in [0.5, 0.6) is 11.5 Å². The molecule has 0 saturated carbocycles. The van der Waals surface area contributed by atoms with Crippen molar-refractivity contribution in [2.24, 2.45) is 5.92 Å². The Kier molecular flexibility index (Phi) is 7.73. The number of likely N-dealkylation sites (tertiary alicyclic amines) is 1. The lowest BCUT2D eigenvalue weighted by atomic mass is 9.95. The summed E-state index contributed by atoms with van der Waals surface area (Å²) >= 11 is 0. The normalized spacial score (nSPS) is 20.5. The number of hydrogen-bond acceptors (Lipinski definition) is 7. The number of benzene rings is 2. The molecule has 0 aromatic heterocycles. The Morgan fingerprint density at radius 2 is 1.69 bits per heavy atom. The van der Waals surface area contributed by atoms with Crippen LogP contribution in [0.1, 0.15) is 31.0 Å². The first-order valence-corrected chi connectivity index (χ1v) is 12.0.